The van der Waals surface area contributed by atoms with Gasteiger partial charge in [0.2, 0.25) is 5.91 Å². The molecule has 28 heavy (non-hydrogen) atoms. The zero-order chi connectivity index (χ0) is 20.4. The standard InChI is InChI=1S/C22H37N5O/c1-4-24-22(27-13-7-8-20(17-27)14-21(23)28)25-15-18-9-11-19(12-10-18)16-26(5-2)6-3/h9-12,20H,4-8,13-17H2,1-3H3,(H2,23,28)(H,24,25). The van der Waals surface area contributed by atoms with Crippen molar-refractivity contribution in [3.63, 3.8) is 0 Å². The Hall–Kier alpha value is -2.08. The Labute approximate surface area is 170 Å². The smallest absolute Gasteiger partial charge is 0.217 e. The minimum absolute atomic E-state index is 0.210. The van der Waals surface area contributed by atoms with Gasteiger partial charge in [0.1, 0.15) is 0 Å². The minimum atomic E-state index is -0.210. The molecule has 1 atom stereocenters. The highest BCUT2D eigenvalue weighted by molar-refractivity contribution is 5.80. The molecule has 1 amide bonds. The van der Waals surface area contributed by atoms with Crippen molar-refractivity contribution < 1.29 is 4.79 Å². The van der Waals surface area contributed by atoms with Crippen LogP contribution in [0, 0.1) is 5.92 Å². The summed E-state index contributed by atoms with van der Waals surface area (Å²) in [6, 6.07) is 8.77. The molecule has 0 radical (unpaired) electrons. The summed E-state index contributed by atoms with van der Waals surface area (Å²) >= 11 is 0. The highest BCUT2D eigenvalue weighted by Crippen LogP contribution is 2.19. The molecule has 1 saturated heterocycles. The summed E-state index contributed by atoms with van der Waals surface area (Å²) in [5.41, 5.74) is 7.95. The fourth-order valence-electron chi connectivity index (χ4n) is 3.76. The van der Waals surface area contributed by atoms with Crippen molar-refractivity contribution in [1.29, 1.82) is 0 Å². The van der Waals surface area contributed by atoms with Gasteiger partial charge in [0, 0.05) is 32.6 Å². The van der Waals surface area contributed by atoms with Crippen LogP contribution < -0.4 is 11.1 Å². The average Bonchev–Trinajstić information content (AvgIpc) is 2.70. The maximum atomic E-state index is 11.3. The van der Waals surface area contributed by atoms with Gasteiger partial charge in [0.15, 0.2) is 5.96 Å². The predicted octanol–water partition coefficient (Wildman–Crippen LogP) is 2.58. The molecule has 1 unspecified atom stereocenters. The average molecular weight is 388 g/mol. The van der Waals surface area contributed by atoms with E-state index in [1.54, 1.807) is 0 Å². The maximum absolute atomic E-state index is 11.3. The van der Waals surface area contributed by atoms with Crippen molar-refractivity contribution >= 4 is 11.9 Å². The third-order valence-electron chi connectivity index (χ3n) is 5.38. The Kier molecular flexibility index (Phi) is 9.28. The number of hydrogen-bond acceptors (Lipinski definition) is 3. The van der Waals surface area contributed by atoms with Crippen LogP contribution in [-0.4, -0.2) is 54.4 Å². The van der Waals surface area contributed by atoms with Crippen LogP contribution in [0.1, 0.15) is 51.2 Å². The highest BCUT2D eigenvalue weighted by atomic mass is 16.1. The Balaban J connectivity index is 1.98. The quantitative estimate of drug-likeness (QED) is 0.504. The number of guanidine groups is 1. The summed E-state index contributed by atoms with van der Waals surface area (Å²) in [6.45, 7) is 12.9. The van der Waals surface area contributed by atoms with Gasteiger partial charge < -0.3 is 16.0 Å². The first-order valence-corrected chi connectivity index (χ1v) is 10.7. The third-order valence-corrected chi connectivity index (χ3v) is 5.38. The number of primary amides is 1. The van der Waals surface area contributed by atoms with Crippen molar-refractivity contribution in [3.05, 3.63) is 35.4 Å². The number of benzene rings is 1. The van der Waals surface area contributed by atoms with Crippen molar-refractivity contribution in [1.82, 2.24) is 15.1 Å². The Morgan fingerprint density at radius 1 is 1.21 bits per heavy atom. The van der Waals surface area contributed by atoms with Gasteiger partial charge in [-0.3, -0.25) is 9.69 Å². The maximum Gasteiger partial charge on any atom is 0.217 e. The topological polar surface area (TPSA) is 74.0 Å². The summed E-state index contributed by atoms with van der Waals surface area (Å²) in [7, 11) is 0. The van der Waals surface area contributed by atoms with Crippen molar-refractivity contribution in [2.45, 2.75) is 53.1 Å². The second-order valence-electron chi connectivity index (χ2n) is 7.57. The molecule has 1 fully saturated rings. The molecule has 1 heterocycles. The first-order chi connectivity index (χ1) is 13.5. The number of nitrogens with one attached hydrogen (secondary N) is 1. The van der Waals surface area contributed by atoms with Crippen LogP contribution in [0.3, 0.4) is 0 Å². The van der Waals surface area contributed by atoms with Crippen LogP contribution in [0.4, 0.5) is 0 Å². The minimum Gasteiger partial charge on any atom is -0.370 e. The van der Waals surface area contributed by atoms with Gasteiger partial charge in [-0.05, 0) is 49.9 Å². The number of piperidine rings is 1. The van der Waals surface area contributed by atoms with Crippen LogP contribution >= 0.6 is 0 Å². The van der Waals surface area contributed by atoms with Gasteiger partial charge in [-0.2, -0.15) is 0 Å². The van der Waals surface area contributed by atoms with Crippen LogP contribution in [0.25, 0.3) is 0 Å². The summed E-state index contributed by atoms with van der Waals surface area (Å²) in [6.07, 6.45) is 2.60. The van der Waals surface area contributed by atoms with Gasteiger partial charge >= 0.3 is 0 Å². The number of carbonyl (C=O) groups is 1. The van der Waals surface area contributed by atoms with Gasteiger partial charge in [0.05, 0.1) is 6.54 Å². The molecule has 0 aliphatic carbocycles. The van der Waals surface area contributed by atoms with E-state index in [1.165, 1.54) is 11.1 Å². The molecular formula is C22H37N5O. The fourth-order valence-corrected chi connectivity index (χ4v) is 3.76. The largest absolute Gasteiger partial charge is 0.370 e. The first-order valence-electron chi connectivity index (χ1n) is 10.7. The van der Waals surface area contributed by atoms with E-state index in [2.05, 4.69) is 60.2 Å². The molecule has 1 aliphatic rings. The molecule has 156 valence electrons. The second-order valence-corrected chi connectivity index (χ2v) is 7.57. The number of rotatable bonds is 9. The lowest BCUT2D eigenvalue weighted by Crippen LogP contribution is -2.47. The lowest BCUT2D eigenvalue weighted by atomic mass is 9.95. The zero-order valence-corrected chi connectivity index (χ0v) is 17.8. The van der Waals surface area contributed by atoms with Crippen LogP contribution in [-0.2, 0) is 17.9 Å². The van der Waals surface area contributed by atoms with Gasteiger partial charge in [-0.25, -0.2) is 4.99 Å². The molecule has 0 spiro atoms. The molecule has 0 bridgehead atoms. The van der Waals surface area contributed by atoms with E-state index in [9.17, 15) is 4.79 Å². The number of hydrogen-bond donors (Lipinski definition) is 2. The van der Waals surface area contributed by atoms with Crippen molar-refractivity contribution in [2.75, 3.05) is 32.7 Å². The van der Waals surface area contributed by atoms with Crippen LogP contribution in [0.2, 0.25) is 0 Å². The summed E-state index contributed by atoms with van der Waals surface area (Å²) in [5, 5.41) is 3.40. The number of likely N-dealkylation sites (tertiary alicyclic amines) is 1. The molecule has 6 heteroatoms. The second kappa shape index (κ2) is 11.7. The predicted molar refractivity (Wildman–Crippen MR) is 116 cm³/mol. The van der Waals surface area contributed by atoms with Crippen molar-refractivity contribution in [2.24, 2.45) is 16.6 Å². The van der Waals surface area contributed by atoms with Crippen molar-refractivity contribution in [3.8, 4) is 0 Å². The molecule has 2 rings (SSSR count). The Morgan fingerprint density at radius 3 is 2.50 bits per heavy atom. The van der Waals surface area contributed by atoms with Crippen LogP contribution in [0.15, 0.2) is 29.3 Å². The fraction of sp³-hybridized carbons (Fsp3) is 0.636. The van der Waals surface area contributed by atoms with E-state index in [0.29, 0.717) is 18.9 Å². The molecule has 1 aromatic rings. The summed E-state index contributed by atoms with van der Waals surface area (Å²) in [4.78, 5) is 20.8. The SMILES string of the molecule is CCNC(=NCc1ccc(CN(CC)CC)cc1)N1CCCC(CC(N)=O)C1. The molecular weight excluding hydrogens is 350 g/mol. The summed E-state index contributed by atoms with van der Waals surface area (Å²) in [5.74, 6) is 1.05. The number of carbonyl (C=O) groups excluding carboxylic acids is 1. The van der Waals surface area contributed by atoms with Gasteiger partial charge in [-0.15, -0.1) is 0 Å². The number of nitrogens with two attached hydrogens (primary N) is 1. The van der Waals surface area contributed by atoms with E-state index in [-0.39, 0.29) is 5.91 Å². The van der Waals surface area contributed by atoms with E-state index < -0.39 is 0 Å². The normalized spacial score (nSPS) is 17.8. The molecule has 1 aliphatic heterocycles. The van der Waals surface area contributed by atoms with Gasteiger partial charge in [-0.1, -0.05) is 38.1 Å². The van der Waals surface area contributed by atoms with E-state index in [0.717, 1.165) is 58.1 Å². The Morgan fingerprint density at radius 2 is 1.89 bits per heavy atom. The lowest BCUT2D eigenvalue weighted by molar-refractivity contribution is -0.119. The summed E-state index contributed by atoms with van der Waals surface area (Å²) < 4.78 is 0. The zero-order valence-electron chi connectivity index (χ0n) is 17.8. The monoisotopic (exact) mass is 387 g/mol. The number of amides is 1. The number of nitrogens with zero attached hydrogens (tertiary/aromatic N) is 3. The third kappa shape index (κ3) is 7.15. The first kappa shape index (κ1) is 22.2. The van der Waals surface area contributed by atoms with Gasteiger partial charge in [0.25, 0.3) is 0 Å². The lowest BCUT2D eigenvalue weighted by Gasteiger charge is -2.34. The van der Waals surface area contributed by atoms with E-state index in [1.807, 2.05) is 0 Å². The molecule has 0 aromatic heterocycles. The number of aliphatic imine (C=N–C) groups is 1. The Bertz CT molecular complexity index is 624. The van der Waals surface area contributed by atoms with Crippen LogP contribution in [0.5, 0.6) is 0 Å². The highest BCUT2D eigenvalue weighted by Gasteiger charge is 2.23. The van der Waals surface area contributed by atoms with E-state index in [4.69, 9.17) is 10.7 Å². The molecule has 6 nitrogen and oxygen atoms in total. The molecule has 3 N–H and O–H groups in total. The van der Waals surface area contributed by atoms with E-state index >= 15 is 0 Å². The molecule has 0 saturated carbocycles. The molecule has 1 aromatic carbocycles.